The lowest BCUT2D eigenvalue weighted by atomic mass is 9.98. The van der Waals surface area contributed by atoms with E-state index >= 15 is 0 Å². The van der Waals surface area contributed by atoms with E-state index in [0.29, 0.717) is 12.2 Å². The zero-order chi connectivity index (χ0) is 13.2. The fraction of sp³-hybridized carbons (Fsp3) is 0.462. The third kappa shape index (κ3) is 2.15. The summed E-state index contributed by atoms with van der Waals surface area (Å²) in [6, 6.07) is 2.97. The summed E-state index contributed by atoms with van der Waals surface area (Å²) in [4.78, 5) is 14.3. The van der Waals surface area contributed by atoms with Gasteiger partial charge in [-0.15, -0.1) is 0 Å². The summed E-state index contributed by atoms with van der Waals surface area (Å²) in [5, 5.41) is 0. The van der Waals surface area contributed by atoms with Crippen molar-refractivity contribution < 1.29 is 18.7 Å². The SMILES string of the molecule is COCc1cc(OC)c(F)cc1C1(N=C=O)CC1. The number of nitrogens with zero attached hydrogens (tertiary/aromatic N) is 1. The molecule has 4 nitrogen and oxygen atoms in total. The largest absolute Gasteiger partial charge is 0.494 e. The van der Waals surface area contributed by atoms with Crippen LogP contribution < -0.4 is 4.74 Å². The maximum absolute atomic E-state index is 13.8. The number of benzene rings is 1. The molecule has 1 aromatic carbocycles. The Morgan fingerprint density at radius 2 is 2.17 bits per heavy atom. The summed E-state index contributed by atoms with van der Waals surface area (Å²) < 4.78 is 23.8. The Morgan fingerprint density at radius 3 is 2.67 bits per heavy atom. The van der Waals surface area contributed by atoms with E-state index in [1.165, 1.54) is 13.2 Å². The number of hydrogen-bond acceptors (Lipinski definition) is 4. The van der Waals surface area contributed by atoms with Crippen molar-refractivity contribution in [2.75, 3.05) is 14.2 Å². The first-order chi connectivity index (χ1) is 8.66. The van der Waals surface area contributed by atoms with Crippen LogP contribution in [0.1, 0.15) is 24.0 Å². The number of halogens is 1. The van der Waals surface area contributed by atoms with Crippen molar-refractivity contribution in [2.45, 2.75) is 25.0 Å². The lowest BCUT2D eigenvalue weighted by Crippen LogP contribution is -2.09. The van der Waals surface area contributed by atoms with Crippen LogP contribution in [0.5, 0.6) is 5.75 Å². The van der Waals surface area contributed by atoms with Crippen LogP contribution in [-0.2, 0) is 21.7 Å². The van der Waals surface area contributed by atoms with Crippen LogP contribution >= 0.6 is 0 Å². The van der Waals surface area contributed by atoms with Gasteiger partial charge in [0, 0.05) is 7.11 Å². The lowest BCUT2D eigenvalue weighted by molar-refractivity contribution is 0.183. The van der Waals surface area contributed by atoms with Crippen molar-refractivity contribution >= 4 is 6.08 Å². The average molecular weight is 251 g/mol. The molecule has 18 heavy (non-hydrogen) atoms. The number of methoxy groups -OCH3 is 2. The molecular formula is C13H14FNO3. The number of ether oxygens (including phenoxy) is 2. The topological polar surface area (TPSA) is 47.9 Å². The van der Waals surface area contributed by atoms with Crippen molar-refractivity contribution in [1.29, 1.82) is 0 Å². The highest BCUT2D eigenvalue weighted by molar-refractivity contribution is 5.47. The molecule has 0 unspecified atom stereocenters. The molecule has 0 spiro atoms. The second-order valence-corrected chi connectivity index (χ2v) is 4.31. The van der Waals surface area contributed by atoms with E-state index in [-0.39, 0.29) is 5.75 Å². The van der Waals surface area contributed by atoms with Gasteiger partial charge in [-0.1, -0.05) is 0 Å². The summed E-state index contributed by atoms with van der Waals surface area (Å²) in [7, 11) is 2.97. The maximum atomic E-state index is 13.8. The van der Waals surface area contributed by atoms with E-state index in [0.717, 1.165) is 18.4 Å². The molecule has 2 rings (SSSR count). The summed E-state index contributed by atoms with van der Waals surface area (Å²) in [5.74, 6) is -0.295. The molecule has 0 N–H and O–H groups in total. The van der Waals surface area contributed by atoms with Crippen LogP contribution in [-0.4, -0.2) is 20.3 Å². The molecule has 1 fully saturated rings. The average Bonchev–Trinajstić information content (AvgIpc) is 3.12. The van der Waals surface area contributed by atoms with Gasteiger partial charge in [0.1, 0.15) is 0 Å². The number of rotatable bonds is 5. The first-order valence-corrected chi connectivity index (χ1v) is 5.61. The highest BCUT2D eigenvalue weighted by Gasteiger charge is 2.46. The Bertz CT molecular complexity index is 505. The molecule has 0 saturated heterocycles. The third-order valence-electron chi connectivity index (χ3n) is 3.16. The molecule has 5 heteroatoms. The fourth-order valence-electron chi connectivity index (χ4n) is 2.11. The van der Waals surface area contributed by atoms with Gasteiger partial charge in [-0.05, 0) is 36.1 Å². The first-order valence-electron chi connectivity index (χ1n) is 5.61. The summed E-state index contributed by atoms with van der Waals surface area (Å²) >= 11 is 0. The van der Waals surface area contributed by atoms with E-state index in [4.69, 9.17) is 9.47 Å². The second-order valence-electron chi connectivity index (χ2n) is 4.31. The van der Waals surface area contributed by atoms with Gasteiger partial charge in [-0.2, -0.15) is 4.99 Å². The van der Waals surface area contributed by atoms with Crippen molar-refractivity contribution in [3.63, 3.8) is 0 Å². The molecule has 0 heterocycles. The number of carbonyl (C=O) groups excluding carboxylic acids is 1. The van der Waals surface area contributed by atoms with Gasteiger partial charge < -0.3 is 9.47 Å². The first kappa shape index (κ1) is 12.7. The number of aliphatic imine (C=N–C) groups is 1. The molecule has 1 saturated carbocycles. The predicted molar refractivity (Wildman–Crippen MR) is 62.7 cm³/mol. The van der Waals surface area contributed by atoms with Gasteiger partial charge in [0.2, 0.25) is 6.08 Å². The normalized spacial score (nSPS) is 15.9. The minimum atomic E-state index is -0.608. The Labute approximate surface area is 104 Å². The van der Waals surface area contributed by atoms with Gasteiger partial charge in [-0.3, -0.25) is 0 Å². The molecule has 1 aromatic rings. The van der Waals surface area contributed by atoms with Crippen LogP contribution in [0.25, 0.3) is 0 Å². The van der Waals surface area contributed by atoms with E-state index in [9.17, 15) is 9.18 Å². The van der Waals surface area contributed by atoms with Gasteiger partial charge >= 0.3 is 0 Å². The summed E-state index contributed by atoms with van der Waals surface area (Å²) in [6.45, 7) is 0.322. The van der Waals surface area contributed by atoms with Gasteiger partial charge in [0.25, 0.3) is 0 Å². The van der Waals surface area contributed by atoms with Crippen LogP contribution in [0.3, 0.4) is 0 Å². The van der Waals surface area contributed by atoms with Crippen LogP contribution in [0.2, 0.25) is 0 Å². The quantitative estimate of drug-likeness (QED) is 0.596. The Balaban J connectivity index is 2.51. The van der Waals surface area contributed by atoms with Crippen molar-refractivity contribution in [2.24, 2.45) is 4.99 Å². The Kier molecular flexibility index (Phi) is 3.45. The standard InChI is InChI=1S/C13H14FNO3/c1-17-7-9-5-12(18-2)11(14)6-10(9)13(3-4-13)15-8-16/h5-6H,3-4,7H2,1-2H3. The zero-order valence-corrected chi connectivity index (χ0v) is 10.3. The van der Waals surface area contributed by atoms with E-state index in [1.54, 1.807) is 19.3 Å². The molecular weight excluding hydrogens is 237 g/mol. The van der Waals surface area contributed by atoms with Crippen LogP contribution in [0.4, 0.5) is 4.39 Å². The number of hydrogen-bond donors (Lipinski definition) is 0. The van der Waals surface area contributed by atoms with Crippen LogP contribution in [0.15, 0.2) is 17.1 Å². The molecule has 0 aliphatic heterocycles. The summed E-state index contributed by atoms with van der Waals surface area (Å²) in [5.41, 5.74) is 0.862. The van der Waals surface area contributed by atoms with Crippen molar-refractivity contribution in [3.05, 3.63) is 29.1 Å². The van der Waals surface area contributed by atoms with Gasteiger partial charge in [-0.25, -0.2) is 9.18 Å². The Morgan fingerprint density at radius 1 is 1.44 bits per heavy atom. The van der Waals surface area contributed by atoms with Gasteiger partial charge in [0.05, 0.1) is 19.3 Å². The van der Waals surface area contributed by atoms with E-state index < -0.39 is 11.4 Å². The molecule has 0 amide bonds. The fourth-order valence-corrected chi connectivity index (χ4v) is 2.11. The van der Waals surface area contributed by atoms with Crippen molar-refractivity contribution in [3.8, 4) is 5.75 Å². The highest BCUT2D eigenvalue weighted by atomic mass is 19.1. The predicted octanol–water partition coefficient (Wildman–Crippen LogP) is 2.31. The Hall–Kier alpha value is -1.71. The zero-order valence-electron chi connectivity index (χ0n) is 10.3. The smallest absolute Gasteiger partial charge is 0.235 e. The highest BCUT2D eigenvalue weighted by Crippen LogP contribution is 2.51. The molecule has 96 valence electrons. The molecule has 0 aromatic heterocycles. The lowest BCUT2D eigenvalue weighted by Gasteiger charge is -2.16. The molecule has 1 aliphatic carbocycles. The van der Waals surface area contributed by atoms with E-state index in [1.807, 2.05) is 0 Å². The van der Waals surface area contributed by atoms with Crippen LogP contribution in [0, 0.1) is 5.82 Å². The number of isocyanates is 1. The molecule has 0 radical (unpaired) electrons. The van der Waals surface area contributed by atoms with Crippen molar-refractivity contribution in [1.82, 2.24) is 0 Å². The van der Waals surface area contributed by atoms with E-state index in [2.05, 4.69) is 4.99 Å². The summed E-state index contributed by atoms with van der Waals surface area (Å²) in [6.07, 6.45) is 3.02. The second kappa shape index (κ2) is 4.88. The minimum absolute atomic E-state index is 0.164. The van der Waals surface area contributed by atoms with Gasteiger partial charge in [0.15, 0.2) is 11.6 Å². The molecule has 0 atom stereocenters. The molecule has 0 bridgehead atoms. The maximum Gasteiger partial charge on any atom is 0.235 e. The molecule has 1 aliphatic rings. The monoisotopic (exact) mass is 251 g/mol. The minimum Gasteiger partial charge on any atom is -0.494 e. The third-order valence-corrected chi connectivity index (χ3v) is 3.16.